The largest absolute Gasteiger partial charge is 0.368 e. The second-order valence-corrected chi connectivity index (χ2v) is 6.41. The van der Waals surface area contributed by atoms with Crippen LogP contribution < -0.4 is 11.1 Å². The van der Waals surface area contributed by atoms with Gasteiger partial charge in [0, 0.05) is 6.42 Å². The van der Waals surface area contributed by atoms with Gasteiger partial charge < -0.3 is 11.1 Å². The standard InChI is InChI=1S/C23H22N2O2/c24-22(26)20(16-17-10-4-1-5-11-17)25-23(27)21(18-12-6-2-7-13-18)19-14-8-3-9-15-19/h1-15,20-21H,16H2,(H2,24,26)(H,25,27). The minimum Gasteiger partial charge on any atom is -0.368 e. The van der Waals surface area contributed by atoms with Crippen LogP contribution in [0.2, 0.25) is 0 Å². The molecular formula is C23H22N2O2. The molecule has 0 saturated heterocycles. The fourth-order valence-corrected chi connectivity index (χ4v) is 3.11. The van der Waals surface area contributed by atoms with E-state index in [1.54, 1.807) is 0 Å². The van der Waals surface area contributed by atoms with Crippen molar-refractivity contribution < 1.29 is 9.59 Å². The van der Waals surface area contributed by atoms with Gasteiger partial charge in [0.25, 0.3) is 0 Å². The van der Waals surface area contributed by atoms with Crippen molar-refractivity contribution in [2.24, 2.45) is 5.73 Å². The molecule has 1 unspecified atom stereocenters. The van der Waals surface area contributed by atoms with Gasteiger partial charge in [-0.2, -0.15) is 0 Å². The van der Waals surface area contributed by atoms with Crippen LogP contribution in [0.4, 0.5) is 0 Å². The molecule has 0 saturated carbocycles. The van der Waals surface area contributed by atoms with Crippen molar-refractivity contribution in [3.63, 3.8) is 0 Å². The van der Waals surface area contributed by atoms with Crippen molar-refractivity contribution >= 4 is 11.8 Å². The second-order valence-electron chi connectivity index (χ2n) is 6.41. The van der Waals surface area contributed by atoms with Gasteiger partial charge in [-0.3, -0.25) is 9.59 Å². The van der Waals surface area contributed by atoms with E-state index in [-0.39, 0.29) is 5.91 Å². The first kappa shape index (κ1) is 18.4. The average Bonchev–Trinajstić information content (AvgIpc) is 2.70. The molecule has 4 heteroatoms. The molecule has 0 radical (unpaired) electrons. The van der Waals surface area contributed by atoms with Crippen LogP contribution >= 0.6 is 0 Å². The lowest BCUT2D eigenvalue weighted by molar-refractivity contribution is -0.127. The topological polar surface area (TPSA) is 72.2 Å². The van der Waals surface area contributed by atoms with E-state index >= 15 is 0 Å². The summed E-state index contributed by atoms with van der Waals surface area (Å²) >= 11 is 0. The third-order valence-corrected chi connectivity index (χ3v) is 4.47. The van der Waals surface area contributed by atoms with Gasteiger partial charge >= 0.3 is 0 Å². The Morgan fingerprint density at radius 2 is 1.19 bits per heavy atom. The highest BCUT2D eigenvalue weighted by Gasteiger charge is 2.26. The molecule has 3 aromatic rings. The predicted molar refractivity (Wildman–Crippen MR) is 106 cm³/mol. The maximum absolute atomic E-state index is 13.1. The molecule has 27 heavy (non-hydrogen) atoms. The van der Waals surface area contributed by atoms with Gasteiger partial charge in [0.05, 0.1) is 5.92 Å². The summed E-state index contributed by atoms with van der Waals surface area (Å²) < 4.78 is 0. The molecule has 3 rings (SSSR count). The van der Waals surface area contributed by atoms with Gasteiger partial charge in [-0.25, -0.2) is 0 Å². The molecular weight excluding hydrogens is 336 g/mol. The number of carbonyl (C=O) groups is 2. The maximum Gasteiger partial charge on any atom is 0.240 e. The number of benzene rings is 3. The Balaban J connectivity index is 1.86. The van der Waals surface area contributed by atoms with Crippen molar-refractivity contribution in [3.8, 4) is 0 Å². The third-order valence-electron chi connectivity index (χ3n) is 4.47. The van der Waals surface area contributed by atoms with Gasteiger partial charge in [-0.05, 0) is 16.7 Å². The zero-order valence-electron chi connectivity index (χ0n) is 14.9. The Morgan fingerprint density at radius 3 is 1.63 bits per heavy atom. The van der Waals surface area contributed by atoms with E-state index in [1.165, 1.54) is 0 Å². The molecule has 0 aliphatic rings. The van der Waals surface area contributed by atoms with Crippen molar-refractivity contribution in [1.29, 1.82) is 0 Å². The van der Waals surface area contributed by atoms with Crippen LogP contribution in [-0.2, 0) is 16.0 Å². The lowest BCUT2D eigenvalue weighted by Crippen LogP contribution is -2.47. The fraction of sp³-hybridized carbons (Fsp3) is 0.130. The first-order valence-corrected chi connectivity index (χ1v) is 8.88. The van der Waals surface area contributed by atoms with Crippen LogP contribution in [0, 0.1) is 0 Å². The second kappa shape index (κ2) is 8.81. The minimum absolute atomic E-state index is 0.243. The molecule has 0 fully saturated rings. The zero-order valence-corrected chi connectivity index (χ0v) is 14.9. The summed E-state index contributed by atoms with van der Waals surface area (Å²) in [4.78, 5) is 25.1. The van der Waals surface area contributed by atoms with E-state index in [0.717, 1.165) is 16.7 Å². The van der Waals surface area contributed by atoms with Crippen molar-refractivity contribution in [1.82, 2.24) is 5.32 Å². The fourth-order valence-electron chi connectivity index (χ4n) is 3.11. The third kappa shape index (κ3) is 4.82. The Kier molecular flexibility index (Phi) is 6.00. The number of nitrogens with one attached hydrogen (secondary N) is 1. The van der Waals surface area contributed by atoms with Crippen LogP contribution in [0.25, 0.3) is 0 Å². The highest BCUT2D eigenvalue weighted by atomic mass is 16.2. The molecule has 0 heterocycles. The number of hydrogen-bond acceptors (Lipinski definition) is 2. The molecule has 4 nitrogen and oxygen atoms in total. The monoisotopic (exact) mass is 358 g/mol. The summed E-state index contributed by atoms with van der Waals surface area (Å²) in [5.41, 5.74) is 8.23. The van der Waals surface area contributed by atoms with Gasteiger partial charge in [0.2, 0.25) is 11.8 Å². The number of amides is 2. The lowest BCUT2D eigenvalue weighted by atomic mass is 9.90. The molecule has 1 atom stereocenters. The zero-order chi connectivity index (χ0) is 19.1. The van der Waals surface area contributed by atoms with E-state index in [0.29, 0.717) is 6.42 Å². The Hall–Kier alpha value is -3.40. The van der Waals surface area contributed by atoms with Crippen LogP contribution in [-0.4, -0.2) is 17.9 Å². The minimum atomic E-state index is -0.769. The smallest absolute Gasteiger partial charge is 0.240 e. The summed E-state index contributed by atoms with van der Waals surface area (Å²) in [6.45, 7) is 0. The molecule has 0 aliphatic carbocycles. The van der Waals surface area contributed by atoms with Gasteiger partial charge in [-0.1, -0.05) is 91.0 Å². The molecule has 0 bridgehead atoms. The molecule has 0 aromatic heterocycles. The number of hydrogen-bond donors (Lipinski definition) is 2. The number of primary amides is 1. The first-order chi connectivity index (χ1) is 13.1. The van der Waals surface area contributed by atoms with Crippen molar-refractivity contribution in [3.05, 3.63) is 108 Å². The average molecular weight is 358 g/mol. The molecule has 136 valence electrons. The highest BCUT2D eigenvalue weighted by Crippen LogP contribution is 2.25. The van der Waals surface area contributed by atoms with Crippen LogP contribution in [0.1, 0.15) is 22.6 Å². The predicted octanol–water partition coefficient (Wildman–Crippen LogP) is 3.03. The Bertz CT molecular complexity index is 841. The number of carbonyl (C=O) groups excluding carboxylic acids is 2. The Labute approximate surface area is 159 Å². The van der Waals surface area contributed by atoms with E-state index < -0.39 is 17.9 Å². The van der Waals surface area contributed by atoms with Crippen LogP contribution in [0.3, 0.4) is 0 Å². The Morgan fingerprint density at radius 1 is 0.741 bits per heavy atom. The first-order valence-electron chi connectivity index (χ1n) is 8.88. The van der Waals surface area contributed by atoms with Gasteiger partial charge in [0.1, 0.15) is 6.04 Å². The summed E-state index contributed by atoms with van der Waals surface area (Å²) in [7, 11) is 0. The normalized spacial score (nSPS) is 11.7. The van der Waals surface area contributed by atoms with E-state index in [4.69, 9.17) is 5.73 Å². The highest BCUT2D eigenvalue weighted by molar-refractivity contribution is 5.92. The quantitative estimate of drug-likeness (QED) is 0.681. The van der Waals surface area contributed by atoms with Crippen molar-refractivity contribution in [2.75, 3.05) is 0 Å². The summed E-state index contributed by atoms with van der Waals surface area (Å²) in [6.07, 6.45) is 0.359. The summed E-state index contributed by atoms with van der Waals surface area (Å²) in [5.74, 6) is -1.30. The maximum atomic E-state index is 13.1. The van der Waals surface area contributed by atoms with Crippen LogP contribution in [0.15, 0.2) is 91.0 Å². The molecule has 3 aromatic carbocycles. The molecule has 3 N–H and O–H groups in total. The molecule has 0 spiro atoms. The summed E-state index contributed by atoms with van der Waals surface area (Å²) in [6, 6.07) is 27.8. The van der Waals surface area contributed by atoms with Crippen LogP contribution in [0.5, 0.6) is 0 Å². The number of rotatable bonds is 7. The van der Waals surface area contributed by atoms with E-state index in [1.807, 2.05) is 91.0 Å². The lowest BCUT2D eigenvalue weighted by Gasteiger charge is -2.22. The SMILES string of the molecule is NC(=O)C(Cc1ccccc1)NC(=O)C(c1ccccc1)c1ccccc1. The summed E-state index contributed by atoms with van der Waals surface area (Å²) in [5, 5.41) is 2.85. The van der Waals surface area contributed by atoms with E-state index in [9.17, 15) is 9.59 Å². The van der Waals surface area contributed by atoms with E-state index in [2.05, 4.69) is 5.32 Å². The molecule has 0 aliphatic heterocycles. The number of nitrogens with two attached hydrogens (primary N) is 1. The van der Waals surface area contributed by atoms with Gasteiger partial charge in [0.15, 0.2) is 0 Å². The van der Waals surface area contributed by atoms with Gasteiger partial charge in [-0.15, -0.1) is 0 Å². The van der Waals surface area contributed by atoms with Crippen molar-refractivity contribution in [2.45, 2.75) is 18.4 Å². The molecule has 2 amide bonds.